The first-order valence-corrected chi connectivity index (χ1v) is 16.3. The van der Waals surface area contributed by atoms with Gasteiger partial charge in [0.25, 0.3) is 0 Å². The Morgan fingerprint density at radius 2 is 0.907 bits per heavy atom. The average molecular weight is 735 g/mol. The number of aliphatic hydroxyl groups is 2. The van der Waals surface area contributed by atoms with Gasteiger partial charge in [-0.1, -0.05) is 61.7 Å². The van der Waals surface area contributed by atoms with Gasteiger partial charge < -0.3 is 39.0 Å². The van der Waals surface area contributed by atoms with Crippen molar-refractivity contribution in [1.29, 1.82) is 10.5 Å². The number of nitriles is 2. The Hall–Kier alpha value is -7.00. The van der Waals surface area contributed by atoms with Crippen LogP contribution in [0.25, 0.3) is 12.2 Å². The first-order chi connectivity index (χ1) is 26.1. The minimum atomic E-state index is -0.861. The van der Waals surface area contributed by atoms with Crippen LogP contribution in [0.4, 0.5) is 11.4 Å². The van der Waals surface area contributed by atoms with Crippen LogP contribution in [-0.2, 0) is 51.2 Å². The van der Waals surface area contributed by atoms with Gasteiger partial charge in [0.05, 0.1) is 0 Å². The van der Waals surface area contributed by atoms with Gasteiger partial charge in [0.15, 0.2) is 0 Å². The van der Waals surface area contributed by atoms with Gasteiger partial charge in [-0.05, 0) is 58.7 Å². The Balaban J connectivity index is 1.57. The van der Waals surface area contributed by atoms with Gasteiger partial charge in [-0.15, -0.1) is 0 Å². The molecule has 0 aromatic heterocycles. The number of aliphatic hydroxyl groups excluding tert-OH is 2. The maximum Gasteiger partial charge on any atom is 0.349 e. The standard InChI is InChI=1S/C40H38N4O10/c1-3-37(47)51-17-19-53-39(49)33(23-41)21-29-9-13-35(14-10-29)43(27-45)25-31-5-7-32(8-6-31)26-44(28-46)36-15-11-30(12-16-36)22-34(24-42)40(50)54-20-18-52-38(48)4-2/h3-16,21-22,45-46H,1-2,17-20,25-28H2. The van der Waals surface area contributed by atoms with E-state index in [1.165, 1.54) is 12.2 Å². The minimum Gasteiger partial charge on any atom is -0.459 e. The molecule has 0 fully saturated rings. The second kappa shape index (κ2) is 22.0. The zero-order valence-electron chi connectivity index (χ0n) is 29.3. The van der Waals surface area contributed by atoms with Crippen molar-refractivity contribution >= 4 is 47.4 Å². The SMILES string of the molecule is C=CC(=O)OCCOC(=O)C(C#N)=Cc1ccc(N(CO)Cc2ccc(CN(CO)c3ccc(C=C(C#N)C(=O)OCCOC(=O)C=C)cc3)cc2)cc1. The zero-order valence-corrected chi connectivity index (χ0v) is 29.3. The summed E-state index contributed by atoms with van der Waals surface area (Å²) in [5, 5.41) is 39.0. The summed E-state index contributed by atoms with van der Waals surface area (Å²) in [6, 6.07) is 25.0. The molecular weight excluding hydrogens is 696 g/mol. The fourth-order valence-corrected chi connectivity index (χ4v) is 4.63. The number of carbonyl (C=O) groups excluding carboxylic acids is 4. The predicted molar refractivity (Wildman–Crippen MR) is 197 cm³/mol. The van der Waals surface area contributed by atoms with Gasteiger partial charge in [-0.25, -0.2) is 19.2 Å². The van der Waals surface area contributed by atoms with Crippen molar-refractivity contribution in [3.8, 4) is 12.1 Å². The molecule has 0 radical (unpaired) electrons. The van der Waals surface area contributed by atoms with Crippen molar-refractivity contribution in [3.05, 3.63) is 132 Å². The lowest BCUT2D eigenvalue weighted by Gasteiger charge is -2.24. The second-order valence-electron chi connectivity index (χ2n) is 11.0. The third kappa shape index (κ3) is 13.3. The Morgan fingerprint density at radius 3 is 1.20 bits per heavy atom. The third-order valence-corrected chi connectivity index (χ3v) is 7.39. The molecular formula is C40H38N4O10. The molecule has 0 unspecified atom stereocenters. The fraction of sp³-hybridized carbons (Fsp3) is 0.200. The molecule has 3 aromatic carbocycles. The quantitative estimate of drug-likeness (QED) is 0.0422. The minimum absolute atomic E-state index is 0.171. The van der Waals surface area contributed by atoms with Crippen LogP contribution in [0.5, 0.6) is 0 Å². The Bertz CT molecular complexity index is 1780. The molecule has 0 atom stereocenters. The van der Waals surface area contributed by atoms with Crippen LogP contribution < -0.4 is 9.80 Å². The lowest BCUT2D eigenvalue weighted by Crippen LogP contribution is -2.24. The van der Waals surface area contributed by atoms with E-state index in [1.807, 2.05) is 24.3 Å². The van der Waals surface area contributed by atoms with E-state index in [9.17, 15) is 39.9 Å². The van der Waals surface area contributed by atoms with Crippen molar-refractivity contribution in [2.45, 2.75) is 13.1 Å². The number of nitrogens with zero attached hydrogens (tertiary/aromatic N) is 4. The molecule has 0 saturated carbocycles. The molecule has 14 nitrogen and oxygen atoms in total. The van der Waals surface area contributed by atoms with Crippen LogP contribution in [0.2, 0.25) is 0 Å². The first-order valence-electron chi connectivity index (χ1n) is 16.3. The molecule has 54 heavy (non-hydrogen) atoms. The maximum absolute atomic E-state index is 12.2. The Labute approximate surface area is 312 Å². The molecule has 0 aliphatic carbocycles. The number of hydrogen-bond acceptors (Lipinski definition) is 14. The number of anilines is 2. The molecule has 3 rings (SSSR count). The number of esters is 4. The maximum atomic E-state index is 12.2. The fourth-order valence-electron chi connectivity index (χ4n) is 4.63. The molecule has 0 aliphatic heterocycles. The summed E-state index contributed by atoms with van der Waals surface area (Å²) in [5.41, 5.74) is 3.83. The Morgan fingerprint density at radius 1 is 0.574 bits per heavy atom. The van der Waals surface area contributed by atoms with Gasteiger partial charge in [0.2, 0.25) is 0 Å². The summed E-state index contributed by atoms with van der Waals surface area (Å²) in [6.07, 6.45) is 4.70. The smallest absolute Gasteiger partial charge is 0.349 e. The van der Waals surface area contributed by atoms with E-state index in [1.54, 1.807) is 70.5 Å². The molecule has 3 aromatic rings. The van der Waals surface area contributed by atoms with Gasteiger partial charge in [0, 0.05) is 36.6 Å². The van der Waals surface area contributed by atoms with Crippen molar-refractivity contribution in [2.24, 2.45) is 0 Å². The number of hydrogen-bond donors (Lipinski definition) is 2. The van der Waals surface area contributed by atoms with Crippen LogP contribution in [0.3, 0.4) is 0 Å². The summed E-state index contributed by atoms with van der Waals surface area (Å²) >= 11 is 0. The highest BCUT2D eigenvalue weighted by Crippen LogP contribution is 2.22. The average Bonchev–Trinajstić information content (AvgIpc) is 3.20. The molecule has 0 amide bonds. The Kier molecular flexibility index (Phi) is 16.9. The normalized spacial score (nSPS) is 10.9. The predicted octanol–water partition coefficient (Wildman–Crippen LogP) is 3.96. The lowest BCUT2D eigenvalue weighted by molar-refractivity contribution is -0.146. The van der Waals surface area contributed by atoms with Gasteiger partial charge in [-0.3, -0.25) is 0 Å². The van der Waals surface area contributed by atoms with Gasteiger partial charge in [0.1, 0.15) is 63.2 Å². The summed E-state index contributed by atoms with van der Waals surface area (Å²) in [5.74, 6) is -3.03. The highest BCUT2D eigenvalue weighted by Gasteiger charge is 2.14. The third-order valence-electron chi connectivity index (χ3n) is 7.39. The molecule has 2 N–H and O–H groups in total. The topological polar surface area (TPSA) is 200 Å². The van der Waals surface area contributed by atoms with E-state index in [0.29, 0.717) is 35.6 Å². The highest BCUT2D eigenvalue weighted by atomic mass is 16.6. The molecule has 0 saturated heterocycles. The zero-order chi connectivity index (χ0) is 39.3. The molecule has 0 spiro atoms. The summed E-state index contributed by atoms with van der Waals surface area (Å²) in [6.45, 7) is 5.94. The van der Waals surface area contributed by atoms with Crippen LogP contribution in [0, 0.1) is 22.7 Å². The van der Waals surface area contributed by atoms with Gasteiger partial charge >= 0.3 is 23.9 Å². The van der Waals surface area contributed by atoms with Crippen LogP contribution >= 0.6 is 0 Å². The highest BCUT2D eigenvalue weighted by molar-refractivity contribution is 5.98. The monoisotopic (exact) mass is 734 g/mol. The van der Waals surface area contributed by atoms with Crippen molar-refractivity contribution in [1.82, 2.24) is 0 Å². The summed E-state index contributed by atoms with van der Waals surface area (Å²) in [4.78, 5) is 50.1. The number of rotatable bonds is 20. The van der Waals surface area contributed by atoms with E-state index in [2.05, 4.69) is 13.2 Å². The van der Waals surface area contributed by atoms with Crippen molar-refractivity contribution < 1.29 is 48.3 Å². The largest absolute Gasteiger partial charge is 0.459 e. The lowest BCUT2D eigenvalue weighted by atomic mass is 10.1. The molecule has 278 valence electrons. The number of ether oxygens (including phenoxy) is 4. The van der Waals surface area contributed by atoms with Crippen molar-refractivity contribution in [3.63, 3.8) is 0 Å². The molecule has 14 heteroatoms. The number of carbonyl (C=O) groups is 4. The first kappa shape index (κ1) is 41.4. The second-order valence-corrected chi connectivity index (χ2v) is 11.0. The molecule has 0 heterocycles. The van der Waals surface area contributed by atoms with E-state index in [-0.39, 0.29) is 51.0 Å². The van der Waals surface area contributed by atoms with Crippen LogP contribution in [-0.4, -0.2) is 74.0 Å². The molecule has 0 bridgehead atoms. The van der Waals surface area contributed by atoms with Crippen LogP contribution in [0.15, 0.2) is 109 Å². The number of benzene rings is 3. The van der Waals surface area contributed by atoms with E-state index in [0.717, 1.165) is 23.3 Å². The van der Waals surface area contributed by atoms with E-state index < -0.39 is 23.9 Å². The van der Waals surface area contributed by atoms with E-state index in [4.69, 9.17) is 18.9 Å². The van der Waals surface area contributed by atoms with E-state index >= 15 is 0 Å². The van der Waals surface area contributed by atoms with Crippen LogP contribution in [0.1, 0.15) is 22.3 Å². The van der Waals surface area contributed by atoms with Crippen molar-refractivity contribution in [2.75, 3.05) is 49.7 Å². The molecule has 0 aliphatic rings. The summed E-state index contributed by atoms with van der Waals surface area (Å²) < 4.78 is 19.4. The summed E-state index contributed by atoms with van der Waals surface area (Å²) in [7, 11) is 0. The van der Waals surface area contributed by atoms with Gasteiger partial charge in [-0.2, -0.15) is 10.5 Å².